The van der Waals surface area contributed by atoms with Crippen LogP contribution >= 0.6 is 11.8 Å². The number of carbonyl (C=O) groups excluding carboxylic acids is 2. The van der Waals surface area contributed by atoms with Crippen LogP contribution in [0.15, 0.2) is 47.5 Å². The highest BCUT2D eigenvalue weighted by molar-refractivity contribution is 8.18. The van der Waals surface area contributed by atoms with Crippen molar-refractivity contribution in [1.29, 1.82) is 0 Å². The molecular weight excluding hydrogens is 455 g/mol. The van der Waals surface area contributed by atoms with Crippen LogP contribution in [0.25, 0.3) is 17.0 Å². The molecular formula is C24H23FN6O2S. The van der Waals surface area contributed by atoms with Crippen LogP contribution in [0.3, 0.4) is 0 Å². The summed E-state index contributed by atoms with van der Waals surface area (Å²) in [6.45, 7) is 3.26. The van der Waals surface area contributed by atoms with Crippen LogP contribution in [-0.4, -0.2) is 45.7 Å². The number of amides is 2. The second-order valence-corrected chi connectivity index (χ2v) is 9.35. The molecule has 5 rings (SSSR count). The van der Waals surface area contributed by atoms with Gasteiger partial charge in [0.2, 0.25) is 5.95 Å². The number of pyridine rings is 1. The molecule has 2 N–H and O–H groups in total. The molecule has 0 spiro atoms. The molecule has 0 radical (unpaired) electrons. The third kappa shape index (κ3) is 5.23. The van der Waals surface area contributed by atoms with Gasteiger partial charge in [0.05, 0.1) is 21.8 Å². The number of carbonyl (C=O) groups is 2. The summed E-state index contributed by atoms with van der Waals surface area (Å²) in [6, 6.07) is 10.2. The maximum Gasteiger partial charge on any atom is 0.290 e. The Labute approximate surface area is 200 Å². The average Bonchev–Trinajstić information content (AvgIpc) is 3.16. The minimum atomic E-state index is -0.392. The van der Waals surface area contributed by atoms with E-state index in [1.165, 1.54) is 12.1 Å². The van der Waals surface area contributed by atoms with Gasteiger partial charge < -0.3 is 10.2 Å². The lowest BCUT2D eigenvalue weighted by atomic mass is 9.97. The first-order valence-electron chi connectivity index (χ1n) is 11.1. The maximum atomic E-state index is 13.3. The van der Waals surface area contributed by atoms with E-state index in [4.69, 9.17) is 0 Å². The maximum absolute atomic E-state index is 13.3. The molecule has 2 amide bonds. The molecule has 0 aliphatic carbocycles. The standard InChI is InChI=1S/C24H23FN6O2S/c25-17-2-4-20-16(11-17)1-3-19(28-20)14-26-13-15-6-9-31(10-7-15)23-27-8-5-18(29-23)12-21-22(32)30-24(33)34-21/h1-5,8,11-12,15,26H,6-7,9-10,13-14H2,(H,30,32,33)/b21-12-. The number of anilines is 1. The van der Waals surface area contributed by atoms with Gasteiger partial charge in [-0.2, -0.15) is 0 Å². The topological polar surface area (TPSA) is 100 Å². The Kier molecular flexibility index (Phi) is 6.50. The van der Waals surface area contributed by atoms with Crippen LogP contribution in [0.5, 0.6) is 0 Å². The van der Waals surface area contributed by atoms with Crippen LogP contribution in [0.4, 0.5) is 15.1 Å². The van der Waals surface area contributed by atoms with Gasteiger partial charge in [0.25, 0.3) is 11.1 Å². The van der Waals surface area contributed by atoms with Gasteiger partial charge in [0, 0.05) is 31.2 Å². The molecule has 4 heterocycles. The Morgan fingerprint density at radius 3 is 2.79 bits per heavy atom. The Hall–Kier alpha value is -3.37. The molecule has 0 atom stereocenters. The molecule has 2 aromatic heterocycles. The van der Waals surface area contributed by atoms with Gasteiger partial charge in [0.15, 0.2) is 0 Å². The summed E-state index contributed by atoms with van der Waals surface area (Å²) < 4.78 is 13.3. The number of piperidine rings is 1. The molecule has 8 nitrogen and oxygen atoms in total. The van der Waals surface area contributed by atoms with Crippen molar-refractivity contribution >= 4 is 45.8 Å². The molecule has 2 aliphatic rings. The number of nitrogens with one attached hydrogen (secondary N) is 2. The van der Waals surface area contributed by atoms with Crippen molar-refractivity contribution in [2.24, 2.45) is 5.92 Å². The second-order valence-electron chi connectivity index (χ2n) is 8.33. The number of hydrogen-bond donors (Lipinski definition) is 2. The number of halogens is 1. The molecule has 2 fully saturated rings. The Morgan fingerprint density at radius 1 is 1.15 bits per heavy atom. The quantitative estimate of drug-likeness (QED) is 0.520. The van der Waals surface area contributed by atoms with Gasteiger partial charge in [-0.05, 0) is 73.5 Å². The van der Waals surface area contributed by atoms with E-state index in [9.17, 15) is 14.0 Å². The molecule has 3 aromatic rings. The van der Waals surface area contributed by atoms with Crippen molar-refractivity contribution in [3.63, 3.8) is 0 Å². The van der Waals surface area contributed by atoms with E-state index in [0.717, 1.165) is 60.8 Å². The van der Waals surface area contributed by atoms with Crippen molar-refractivity contribution in [2.45, 2.75) is 19.4 Å². The third-order valence-electron chi connectivity index (χ3n) is 5.93. The van der Waals surface area contributed by atoms with E-state index in [2.05, 4.69) is 30.5 Å². The third-order valence-corrected chi connectivity index (χ3v) is 6.74. The SMILES string of the molecule is O=C1NC(=O)/C(=C/c2ccnc(N3CCC(CNCc4ccc5cc(F)ccc5n4)CC3)n2)S1. The summed E-state index contributed by atoms with van der Waals surface area (Å²) in [6.07, 6.45) is 5.31. The molecule has 0 bridgehead atoms. The van der Waals surface area contributed by atoms with Gasteiger partial charge in [-0.15, -0.1) is 0 Å². The fourth-order valence-corrected chi connectivity index (χ4v) is 4.80. The lowest BCUT2D eigenvalue weighted by Gasteiger charge is -2.32. The van der Waals surface area contributed by atoms with E-state index in [-0.39, 0.29) is 11.1 Å². The van der Waals surface area contributed by atoms with Crippen molar-refractivity contribution in [1.82, 2.24) is 25.6 Å². The van der Waals surface area contributed by atoms with Crippen molar-refractivity contribution in [3.05, 3.63) is 64.7 Å². The number of rotatable bonds is 6. The van der Waals surface area contributed by atoms with E-state index in [1.54, 1.807) is 24.4 Å². The van der Waals surface area contributed by atoms with Crippen molar-refractivity contribution in [2.75, 3.05) is 24.5 Å². The lowest BCUT2D eigenvalue weighted by Crippen LogP contribution is -2.38. The first-order chi connectivity index (χ1) is 16.5. The monoisotopic (exact) mass is 478 g/mol. The molecule has 2 aliphatic heterocycles. The second kappa shape index (κ2) is 9.86. The smallest absolute Gasteiger partial charge is 0.290 e. The number of nitrogens with zero attached hydrogens (tertiary/aromatic N) is 4. The molecule has 34 heavy (non-hydrogen) atoms. The minimum absolute atomic E-state index is 0.252. The predicted molar refractivity (Wildman–Crippen MR) is 129 cm³/mol. The van der Waals surface area contributed by atoms with Crippen LogP contribution < -0.4 is 15.5 Å². The Balaban J connectivity index is 1.12. The molecule has 0 saturated carbocycles. The van der Waals surface area contributed by atoms with E-state index in [0.29, 0.717) is 29.0 Å². The van der Waals surface area contributed by atoms with Gasteiger partial charge in [-0.1, -0.05) is 6.07 Å². The number of hydrogen-bond acceptors (Lipinski definition) is 8. The van der Waals surface area contributed by atoms with Crippen LogP contribution in [0.2, 0.25) is 0 Å². The minimum Gasteiger partial charge on any atom is -0.341 e. The number of aromatic nitrogens is 3. The zero-order chi connectivity index (χ0) is 23.5. The normalized spacial score (nSPS) is 18.1. The number of thioether (sulfide) groups is 1. The number of benzene rings is 1. The fourth-order valence-electron chi connectivity index (χ4n) is 4.13. The van der Waals surface area contributed by atoms with Crippen molar-refractivity contribution in [3.8, 4) is 0 Å². The number of fused-ring (bicyclic) bond motifs is 1. The molecule has 0 unspecified atom stereocenters. The molecule has 2 saturated heterocycles. The van der Waals surface area contributed by atoms with Crippen LogP contribution in [-0.2, 0) is 11.3 Å². The number of imide groups is 1. The van der Waals surface area contributed by atoms with Crippen molar-refractivity contribution < 1.29 is 14.0 Å². The predicted octanol–water partition coefficient (Wildman–Crippen LogP) is 3.49. The summed E-state index contributed by atoms with van der Waals surface area (Å²) in [7, 11) is 0. The summed E-state index contributed by atoms with van der Waals surface area (Å²) >= 11 is 0.878. The highest BCUT2D eigenvalue weighted by atomic mass is 32.2. The summed E-state index contributed by atoms with van der Waals surface area (Å²) in [5.41, 5.74) is 2.34. The summed E-state index contributed by atoms with van der Waals surface area (Å²) in [4.78, 5) is 39.2. The first-order valence-corrected chi connectivity index (χ1v) is 11.9. The zero-order valence-corrected chi connectivity index (χ0v) is 19.1. The zero-order valence-electron chi connectivity index (χ0n) is 18.3. The summed E-state index contributed by atoms with van der Waals surface area (Å²) in [5, 5.41) is 6.18. The van der Waals surface area contributed by atoms with E-state index >= 15 is 0 Å². The first kappa shape index (κ1) is 22.4. The molecule has 10 heteroatoms. The Bertz CT molecular complexity index is 1280. The Morgan fingerprint density at radius 2 is 2.00 bits per heavy atom. The largest absolute Gasteiger partial charge is 0.341 e. The van der Waals surface area contributed by atoms with Gasteiger partial charge >= 0.3 is 0 Å². The van der Waals surface area contributed by atoms with Gasteiger partial charge in [0.1, 0.15) is 5.82 Å². The average molecular weight is 479 g/mol. The fraction of sp³-hybridized carbons (Fsp3) is 0.292. The van der Waals surface area contributed by atoms with E-state index in [1.807, 2.05) is 12.1 Å². The van der Waals surface area contributed by atoms with Gasteiger partial charge in [-0.25, -0.2) is 14.4 Å². The molecule has 1 aromatic carbocycles. The summed E-state index contributed by atoms with van der Waals surface area (Å²) in [5.74, 6) is 0.529. The van der Waals surface area contributed by atoms with E-state index < -0.39 is 5.91 Å². The molecule has 174 valence electrons. The van der Waals surface area contributed by atoms with Gasteiger partial charge in [-0.3, -0.25) is 19.9 Å². The highest BCUT2D eigenvalue weighted by Crippen LogP contribution is 2.26. The lowest BCUT2D eigenvalue weighted by molar-refractivity contribution is -0.115. The highest BCUT2D eigenvalue weighted by Gasteiger charge is 2.25. The van der Waals surface area contributed by atoms with Crippen LogP contribution in [0, 0.1) is 11.7 Å². The van der Waals surface area contributed by atoms with Crippen LogP contribution in [0.1, 0.15) is 24.2 Å².